The largest absolute Gasteiger partial charge is 0.465 e. The molecule has 3 N–H and O–H groups in total. The first-order chi connectivity index (χ1) is 12.3. The number of carbonyl (C=O) groups is 1. The zero-order valence-electron chi connectivity index (χ0n) is 14.8. The number of aromatic nitrogens is 1. The SMILES string of the molecule is COC(=O)c1c(N)c2ccc(C)cc2n(-c2ccc(C(C)O)cc2)c1=O. The van der Waals surface area contributed by atoms with E-state index in [1.54, 1.807) is 37.3 Å². The molecule has 0 fully saturated rings. The summed E-state index contributed by atoms with van der Waals surface area (Å²) in [6.45, 7) is 3.58. The number of anilines is 1. The minimum atomic E-state index is -0.774. The van der Waals surface area contributed by atoms with E-state index in [1.165, 1.54) is 11.7 Å². The van der Waals surface area contributed by atoms with E-state index in [4.69, 9.17) is 10.5 Å². The molecule has 0 radical (unpaired) electrons. The number of nitrogens with zero attached hydrogens (tertiary/aromatic N) is 1. The first kappa shape index (κ1) is 17.7. The fraction of sp³-hybridized carbons (Fsp3) is 0.200. The lowest BCUT2D eigenvalue weighted by atomic mass is 10.1. The summed E-state index contributed by atoms with van der Waals surface area (Å²) in [5, 5.41) is 10.3. The van der Waals surface area contributed by atoms with Crippen LogP contribution < -0.4 is 11.3 Å². The Morgan fingerprint density at radius 3 is 2.42 bits per heavy atom. The summed E-state index contributed by atoms with van der Waals surface area (Å²) in [6, 6.07) is 12.4. The van der Waals surface area contributed by atoms with Gasteiger partial charge in [-0.3, -0.25) is 9.36 Å². The molecule has 2 aromatic carbocycles. The number of nitrogens with two attached hydrogens (primary N) is 1. The number of fused-ring (bicyclic) bond motifs is 1. The highest BCUT2D eigenvalue weighted by Gasteiger charge is 2.22. The van der Waals surface area contributed by atoms with E-state index >= 15 is 0 Å². The number of esters is 1. The Morgan fingerprint density at radius 1 is 1.19 bits per heavy atom. The van der Waals surface area contributed by atoms with Crippen molar-refractivity contribution >= 4 is 22.6 Å². The van der Waals surface area contributed by atoms with Crippen LogP contribution >= 0.6 is 0 Å². The van der Waals surface area contributed by atoms with E-state index in [1.807, 2.05) is 19.1 Å². The van der Waals surface area contributed by atoms with Gasteiger partial charge in [-0.25, -0.2) is 4.79 Å². The van der Waals surface area contributed by atoms with Crippen molar-refractivity contribution in [3.63, 3.8) is 0 Å². The van der Waals surface area contributed by atoms with Gasteiger partial charge in [0, 0.05) is 11.1 Å². The van der Waals surface area contributed by atoms with Crippen molar-refractivity contribution in [1.29, 1.82) is 0 Å². The molecular weight excluding hydrogens is 332 g/mol. The van der Waals surface area contributed by atoms with Crippen LogP contribution in [0.2, 0.25) is 0 Å². The van der Waals surface area contributed by atoms with E-state index in [-0.39, 0.29) is 11.3 Å². The predicted octanol–water partition coefficient (Wildman–Crippen LogP) is 2.72. The van der Waals surface area contributed by atoms with Crippen LogP contribution in [0.5, 0.6) is 0 Å². The molecule has 0 bridgehead atoms. The molecule has 0 aliphatic heterocycles. The quantitative estimate of drug-likeness (QED) is 0.707. The van der Waals surface area contributed by atoms with E-state index in [0.717, 1.165) is 11.1 Å². The van der Waals surface area contributed by atoms with Gasteiger partial charge in [0.25, 0.3) is 5.56 Å². The summed E-state index contributed by atoms with van der Waals surface area (Å²) < 4.78 is 6.19. The van der Waals surface area contributed by atoms with E-state index in [0.29, 0.717) is 16.6 Å². The van der Waals surface area contributed by atoms with Gasteiger partial charge >= 0.3 is 5.97 Å². The van der Waals surface area contributed by atoms with E-state index in [2.05, 4.69) is 0 Å². The number of benzene rings is 2. The first-order valence-electron chi connectivity index (χ1n) is 8.16. The number of aliphatic hydroxyl groups is 1. The maximum absolute atomic E-state index is 13.1. The number of nitrogen functional groups attached to an aromatic ring is 1. The first-order valence-corrected chi connectivity index (χ1v) is 8.16. The number of aryl methyl sites for hydroxylation is 1. The van der Waals surface area contributed by atoms with Gasteiger partial charge in [0.15, 0.2) is 0 Å². The lowest BCUT2D eigenvalue weighted by molar-refractivity contribution is 0.0600. The second-order valence-corrected chi connectivity index (χ2v) is 6.21. The normalized spacial score (nSPS) is 12.2. The molecule has 0 amide bonds. The van der Waals surface area contributed by atoms with Gasteiger partial charge < -0.3 is 15.6 Å². The highest BCUT2D eigenvalue weighted by molar-refractivity contribution is 6.04. The molecule has 1 aromatic heterocycles. The Labute approximate surface area is 150 Å². The average Bonchev–Trinajstić information content (AvgIpc) is 2.61. The number of hydrogen-bond donors (Lipinski definition) is 2. The molecule has 0 aliphatic carbocycles. The Bertz CT molecular complexity index is 1050. The van der Waals surface area contributed by atoms with E-state index < -0.39 is 17.6 Å². The maximum Gasteiger partial charge on any atom is 0.345 e. The fourth-order valence-corrected chi connectivity index (χ4v) is 2.98. The van der Waals surface area contributed by atoms with Crippen LogP contribution in [0.25, 0.3) is 16.6 Å². The molecule has 0 saturated heterocycles. The number of ether oxygens (including phenoxy) is 1. The molecule has 6 nitrogen and oxygen atoms in total. The van der Waals surface area contributed by atoms with Gasteiger partial charge in [0.05, 0.1) is 24.4 Å². The fourth-order valence-electron chi connectivity index (χ4n) is 2.98. The maximum atomic E-state index is 13.1. The van der Waals surface area contributed by atoms with Crippen LogP contribution in [0.4, 0.5) is 5.69 Å². The van der Waals surface area contributed by atoms with Gasteiger partial charge in [-0.2, -0.15) is 0 Å². The summed E-state index contributed by atoms with van der Waals surface area (Å²) in [5.74, 6) is -0.774. The van der Waals surface area contributed by atoms with Crippen LogP contribution in [0.15, 0.2) is 47.3 Å². The van der Waals surface area contributed by atoms with Gasteiger partial charge in [0.1, 0.15) is 5.56 Å². The van der Waals surface area contributed by atoms with E-state index in [9.17, 15) is 14.7 Å². The third-order valence-corrected chi connectivity index (χ3v) is 4.39. The Hall–Kier alpha value is -3.12. The van der Waals surface area contributed by atoms with Crippen molar-refractivity contribution in [3.8, 4) is 5.69 Å². The second kappa shape index (κ2) is 6.65. The molecule has 1 heterocycles. The number of methoxy groups -OCH3 is 1. The zero-order chi connectivity index (χ0) is 19.0. The average molecular weight is 352 g/mol. The summed E-state index contributed by atoms with van der Waals surface area (Å²) in [4.78, 5) is 25.2. The van der Waals surface area contributed by atoms with Crippen molar-refractivity contribution in [1.82, 2.24) is 4.57 Å². The Morgan fingerprint density at radius 2 is 1.85 bits per heavy atom. The molecule has 3 aromatic rings. The molecule has 0 saturated carbocycles. The topological polar surface area (TPSA) is 94.6 Å². The summed E-state index contributed by atoms with van der Waals surface area (Å²) in [7, 11) is 1.21. The number of hydrogen-bond acceptors (Lipinski definition) is 5. The lowest BCUT2D eigenvalue weighted by Crippen LogP contribution is -2.28. The molecule has 3 rings (SSSR count). The van der Waals surface area contributed by atoms with Crippen LogP contribution in [-0.4, -0.2) is 22.8 Å². The Balaban J connectivity index is 2.41. The molecule has 6 heteroatoms. The van der Waals surface area contributed by atoms with Crippen molar-refractivity contribution in [2.45, 2.75) is 20.0 Å². The standard InChI is InChI=1S/C20H20N2O4/c1-11-4-9-15-16(10-11)22(14-7-5-13(6-8-14)12(2)23)19(24)17(18(15)21)20(25)26-3/h4-10,12,23H,21H2,1-3H3. The van der Waals surface area contributed by atoms with Crippen LogP contribution in [0.1, 0.15) is 34.5 Å². The third kappa shape index (κ3) is 2.84. The molecule has 26 heavy (non-hydrogen) atoms. The van der Waals surface area contributed by atoms with Crippen molar-refractivity contribution in [3.05, 3.63) is 69.5 Å². The number of aliphatic hydroxyl groups excluding tert-OH is 1. The highest BCUT2D eigenvalue weighted by Crippen LogP contribution is 2.26. The molecule has 134 valence electrons. The van der Waals surface area contributed by atoms with Crippen molar-refractivity contribution < 1.29 is 14.6 Å². The smallest absolute Gasteiger partial charge is 0.345 e. The molecule has 1 atom stereocenters. The van der Waals surface area contributed by atoms with Crippen LogP contribution in [0.3, 0.4) is 0 Å². The zero-order valence-corrected chi connectivity index (χ0v) is 14.8. The van der Waals surface area contributed by atoms with Gasteiger partial charge in [0.2, 0.25) is 0 Å². The van der Waals surface area contributed by atoms with Gasteiger partial charge in [-0.1, -0.05) is 24.3 Å². The van der Waals surface area contributed by atoms with Gasteiger partial charge in [-0.15, -0.1) is 0 Å². The van der Waals surface area contributed by atoms with Crippen LogP contribution in [-0.2, 0) is 4.74 Å². The summed E-state index contributed by atoms with van der Waals surface area (Å²) >= 11 is 0. The lowest BCUT2D eigenvalue weighted by Gasteiger charge is -2.16. The monoisotopic (exact) mass is 352 g/mol. The third-order valence-electron chi connectivity index (χ3n) is 4.39. The minimum Gasteiger partial charge on any atom is -0.465 e. The summed E-state index contributed by atoms with van der Waals surface area (Å²) in [6.07, 6.45) is -0.614. The number of pyridine rings is 1. The molecule has 0 aliphatic rings. The van der Waals surface area contributed by atoms with Crippen molar-refractivity contribution in [2.24, 2.45) is 0 Å². The van der Waals surface area contributed by atoms with Crippen molar-refractivity contribution in [2.75, 3.05) is 12.8 Å². The molecule has 0 spiro atoms. The molecular formula is C20H20N2O4. The Kier molecular flexibility index (Phi) is 4.52. The summed E-state index contributed by atoms with van der Waals surface area (Å²) in [5.41, 5.74) is 8.33. The highest BCUT2D eigenvalue weighted by atomic mass is 16.5. The van der Waals surface area contributed by atoms with Crippen LogP contribution in [0, 0.1) is 6.92 Å². The van der Waals surface area contributed by atoms with Gasteiger partial charge in [-0.05, 0) is 43.2 Å². The second-order valence-electron chi connectivity index (χ2n) is 6.21. The molecule has 1 unspecified atom stereocenters. The number of rotatable bonds is 3. The predicted molar refractivity (Wildman–Crippen MR) is 101 cm³/mol. The number of carbonyl (C=O) groups excluding carboxylic acids is 1. The minimum absolute atomic E-state index is 0.105.